The number of nitrogens with zero attached hydrogens (tertiary/aromatic N) is 2. The fourth-order valence-corrected chi connectivity index (χ4v) is 3.64. The predicted molar refractivity (Wildman–Crippen MR) is 93.5 cm³/mol. The highest BCUT2D eigenvalue weighted by Gasteiger charge is 2.23. The smallest absolute Gasteiger partial charge is 0.253 e. The Bertz CT molecular complexity index is 543. The minimum atomic E-state index is 0.126. The van der Waals surface area contributed by atoms with Crippen LogP contribution in [0.15, 0.2) is 24.3 Å². The van der Waals surface area contributed by atoms with Gasteiger partial charge >= 0.3 is 0 Å². The maximum absolute atomic E-state index is 12.8. The maximum Gasteiger partial charge on any atom is 0.253 e. The lowest BCUT2D eigenvalue weighted by Crippen LogP contribution is -2.39. The van der Waals surface area contributed by atoms with Crippen molar-refractivity contribution in [3.63, 3.8) is 0 Å². The molecule has 2 aliphatic heterocycles. The van der Waals surface area contributed by atoms with E-state index in [1.54, 1.807) is 7.11 Å². The first-order valence-corrected chi connectivity index (χ1v) is 8.99. The van der Waals surface area contributed by atoms with E-state index in [0.29, 0.717) is 5.92 Å². The third-order valence-corrected chi connectivity index (χ3v) is 5.07. The number of benzene rings is 1. The summed E-state index contributed by atoms with van der Waals surface area (Å²) < 4.78 is 10.7. The summed E-state index contributed by atoms with van der Waals surface area (Å²) in [5.41, 5.74) is 0.723. The molecular formula is C19H28N2O3. The molecule has 132 valence electrons. The Hall–Kier alpha value is -1.59. The van der Waals surface area contributed by atoms with Crippen molar-refractivity contribution >= 4 is 5.91 Å². The van der Waals surface area contributed by atoms with E-state index in [1.807, 2.05) is 29.2 Å². The van der Waals surface area contributed by atoms with Gasteiger partial charge in [-0.25, -0.2) is 0 Å². The number of hydrogen-bond acceptors (Lipinski definition) is 4. The highest BCUT2D eigenvalue weighted by atomic mass is 16.5. The molecule has 2 fully saturated rings. The summed E-state index contributed by atoms with van der Waals surface area (Å²) in [5, 5.41) is 0. The first kappa shape index (κ1) is 17.2. The summed E-state index contributed by atoms with van der Waals surface area (Å²) in [7, 11) is 1.63. The molecule has 1 aromatic carbocycles. The van der Waals surface area contributed by atoms with Gasteiger partial charge in [0.1, 0.15) is 5.75 Å². The van der Waals surface area contributed by atoms with Crippen LogP contribution in [0.25, 0.3) is 0 Å². The number of morpholine rings is 1. The van der Waals surface area contributed by atoms with Gasteiger partial charge < -0.3 is 14.4 Å². The SMILES string of the molecule is COc1cccc(C(=O)N2CCCC(CN3CCOCC3)CC2)c1. The molecule has 1 aromatic rings. The van der Waals surface area contributed by atoms with E-state index in [2.05, 4.69) is 4.90 Å². The van der Waals surface area contributed by atoms with E-state index < -0.39 is 0 Å². The predicted octanol–water partition coefficient (Wildman–Crippen LogP) is 2.27. The van der Waals surface area contributed by atoms with Gasteiger partial charge in [0.05, 0.1) is 20.3 Å². The fraction of sp³-hybridized carbons (Fsp3) is 0.632. The van der Waals surface area contributed by atoms with Crippen molar-refractivity contribution in [1.82, 2.24) is 9.80 Å². The Morgan fingerprint density at radius 3 is 2.83 bits per heavy atom. The van der Waals surface area contributed by atoms with Gasteiger partial charge in [-0.2, -0.15) is 0 Å². The van der Waals surface area contributed by atoms with Crippen LogP contribution in [-0.2, 0) is 4.74 Å². The number of carbonyl (C=O) groups excluding carboxylic acids is 1. The third-order valence-electron chi connectivity index (χ3n) is 5.07. The summed E-state index contributed by atoms with van der Waals surface area (Å²) in [6.07, 6.45) is 3.39. The van der Waals surface area contributed by atoms with Crippen LogP contribution in [0, 0.1) is 5.92 Å². The van der Waals surface area contributed by atoms with Crippen LogP contribution < -0.4 is 4.74 Å². The van der Waals surface area contributed by atoms with E-state index >= 15 is 0 Å². The molecule has 3 rings (SSSR count). The summed E-state index contributed by atoms with van der Waals surface area (Å²) in [6, 6.07) is 7.46. The minimum absolute atomic E-state index is 0.126. The van der Waals surface area contributed by atoms with Gasteiger partial charge in [0.2, 0.25) is 0 Å². The molecule has 1 amide bonds. The topological polar surface area (TPSA) is 42.0 Å². The Kier molecular flexibility index (Phi) is 6.10. The first-order chi connectivity index (χ1) is 11.8. The average molecular weight is 332 g/mol. The fourth-order valence-electron chi connectivity index (χ4n) is 3.64. The van der Waals surface area contributed by atoms with Crippen LogP contribution in [0.3, 0.4) is 0 Å². The Morgan fingerprint density at radius 2 is 2.04 bits per heavy atom. The molecule has 0 radical (unpaired) electrons. The second-order valence-electron chi connectivity index (χ2n) is 6.73. The monoisotopic (exact) mass is 332 g/mol. The molecule has 0 saturated carbocycles. The van der Waals surface area contributed by atoms with E-state index in [1.165, 1.54) is 6.42 Å². The maximum atomic E-state index is 12.8. The highest BCUT2D eigenvalue weighted by molar-refractivity contribution is 5.94. The number of rotatable bonds is 4. The van der Waals surface area contributed by atoms with Crippen molar-refractivity contribution in [2.45, 2.75) is 19.3 Å². The normalized spacial score (nSPS) is 22.9. The summed E-state index contributed by atoms with van der Waals surface area (Å²) in [5.74, 6) is 1.55. The van der Waals surface area contributed by atoms with Crippen molar-refractivity contribution in [1.29, 1.82) is 0 Å². The number of methoxy groups -OCH3 is 1. The van der Waals surface area contributed by atoms with Crippen LogP contribution in [0.4, 0.5) is 0 Å². The lowest BCUT2D eigenvalue weighted by Gasteiger charge is -2.30. The highest BCUT2D eigenvalue weighted by Crippen LogP contribution is 2.21. The van der Waals surface area contributed by atoms with Crippen molar-refractivity contribution in [2.75, 3.05) is 53.0 Å². The standard InChI is InChI=1S/C19H28N2O3/c1-23-18-6-2-5-17(14-18)19(22)21-8-3-4-16(7-9-21)15-20-10-12-24-13-11-20/h2,5-6,14,16H,3-4,7-13,15H2,1H3. The molecule has 5 nitrogen and oxygen atoms in total. The molecule has 24 heavy (non-hydrogen) atoms. The van der Waals surface area contributed by atoms with Gasteiger partial charge in [-0.3, -0.25) is 9.69 Å². The molecule has 1 unspecified atom stereocenters. The molecule has 2 heterocycles. The van der Waals surface area contributed by atoms with Gasteiger partial charge in [-0.15, -0.1) is 0 Å². The second kappa shape index (κ2) is 8.49. The van der Waals surface area contributed by atoms with Gasteiger partial charge in [-0.1, -0.05) is 6.07 Å². The van der Waals surface area contributed by atoms with Crippen molar-refractivity contribution in [2.24, 2.45) is 5.92 Å². The van der Waals surface area contributed by atoms with E-state index in [-0.39, 0.29) is 5.91 Å². The quantitative estimate of drug-likeness (QED) is 0.848. The summed E-state index contributed by atoms with van der Waals surface area (Å²) >= 11 is 0. The number of likely N-dealkylation sites (tertiary alicyclic amines) is 1. The molecule has 0 aliphatic carbocycles. The molecule has 5 heteroatoms. The van der Waals surface area contributed by atoms with Gasteiger partial charge in [-0.05, 0) is 43.4 Å². The number of ether oxygens (including phenoxy) is 2. The van der Waals surface area contributed by atoms with Crippen molar-refractivity contribution < 1.29 is 14.3 Å². The minimum Gasteiger partial charge on any atom is -0.497 e. The number of hydrogen-bond donors (Lipinski definition) is 0. The lowest BCUT2D eigenvalue weighted by molar-refractivity contribution is 0.0296. The van der Waals surface area contributed by atoms with E-state index in [4.69, 9.17) is 9.47 Å². The molecule has 0 spiro atoms. The molecular weight excluding hydrogens is 304 g/mol. The van der Waals surface area contributed by atoms with Crippen LogP contribution in [-0.4, -0.2) is 68.8 Å². The first-order valence-electron chi connectivity index (χ1n) is 8.99. The zero-order chi connectivity index (χ0) is 16.8. The van der Waals surface area contributed by atoms with Crippen molar-refractivity contribution in [3.8, 4) is 5.75 Å². The van der Waals surface area contributed by atoms with Crippen molar-refractivity contribution in [3.05, 3.63) is 29.8 Å². The van der Waals surface area contributed by atoms with E-state index in [9.17, 15) is 4.79 Å². The van der Waals surface area contributed by atoms with Gasteiger partial charge in [0.15, 0.2) is 0 Å². The van der Waals surface area contributed by atoms with Crippen LogP contribution in [0.1, 0.15) is 29.6 Å². The molecule has 0 N–H and O–H groups in total. The molecule has 2 aliphatic rings. The Morgan fingerprint density at radius 1 is 1.21 bits per heavy atom. The molecule has 0 bridgehead atoms. The molecule has 2 saturated heterocycles. The van der Waals surface area contributed by atoms with Gasteiger partial charge in [0, 0.05) is 38.3 Å². The summed E-state index contributed by atoms with van der Waals surface area (Å²) in [4.78, 5) is 17.3. The largest absolute Gasteiger partial charge is 0.497 e. The van der Waals surface area contributed by atoms with E-state index in [0.717, 1.165) is 70.1 Å². The van der Waals surface area contributed by atoms with Gasteiger partial charge in [0.25, 0.3) is 5.91 Å². The van der Waals surface area contributed by atoms with Crippen LogP contribution in [0.5, 0.6) is 5.75 Å². The summed E-state index contributed by atoms with van der Waals surface area (Å²) in [6.45, 7) is 6.65. The lowest BCUT2D eigenvalue weighted by atomic mass is 10.00. The zero-order valence-electron chi connectivity index (χ0n) is 14.6. The van der Waals surface area contributed by atoms with Crippen LogP contribution >= 0.6 is 0 Å². The average Bonchev–Trinajstić information content (AvgIpc) is 2.87. The molecule has 1 atom stereocenters. The number of amides is 1. The second-order valence-corrected chi connectivity index (χ2v) is 6.73. The number of carbonyl (C=O) groups is 1. The Balaban J connectivity index is 1.55. The Labute approximate surface area is 144 Å². The zero-order valence-corrected chi connectivity index (χ0v) is 14.6. The third kappa shape index (κ3) is 4.48. The van der Waals surface area contributed by atoms with Crippen LogP contribution in [0.2, 0.25) is 0 Å². The molecule has 0 aromatic heterocycles.